The van der Waals surface area contributed by atoms with Gasteiger partial charge in [-0.3, -0.25) is 4.98 Å². The lowest BCUT2D eigenvalue weighted by Crippen LogP contribution is -2.12. The molecule has 3 aromatic rings. The molecule has 0 radical (unpaired) electrons. The van der Waals surface area contributed by atoms with Crippen molar-refractivity contribution >= 4 is 5.82 Å². The molecule has 140 valence electrons. The number of nitrogens with one attached hydrogen (secondary N) is 1. The van der Waals surface area contributed by atoms with Gasteiger partial charge in [-0.15, -0.1) is 0 Å². The van der Waals surface area contributed by atoms with E-state index in [0.29, 0.717) is 23.6 Å². The first-order valence-electron chi connectivity index (χ1n) is 8.14. The highest BCUT2D eigenvalue weighted by atomic mass is 19.4. The summed E-state index contributed by atoms with van der Waals surface area (Å²) in [6, 6.07) is 7.48. The molecular formula is C18H16F3N5O. The van der Waals surface area contributed by atoms with Crippen LogP contribution in [-0.4, -0.2) is 26.5 Å². The Morgan fingerprint density at radius 1 is 1.07 bits per heavy atom. The Morgan fingerprint density at radius 3 is 2.56 bits per heavy atom. The van der Waals surface area contributed by atoms with E-state index in [9.17, 15) is 13.2 Å². The van der Waals surface area contributed by atoms with Crippen LogP contribution < -0.4 is 10.1 Å². The van der Waals surface area contributed by atoms with Gasteiger partial charge in [-0.05, 0) is 25.1 Å². The van der Waals surface area contributed by atoms with Crippen molar-refractivity contribution in [2.75, 3.05) is 11.9 Å². The van der Waals surface area contributed by atoms with Crippen molar-refractivity contribution in [3.63, 3.8) is 0 Å². The summed E-state index contributed by atoms with van der Waals surface area (Å²) < 4.78 is 45.1. The Kier molecular flexibility index (Phi) is 5.49. The lowest BCUT2D eigenvalue weighted by Gasteiger charge is -2.13. The zero-order chi connectivity index (χ0) is 19.3. The lowest BCUT2D eigenvalue weighted by atomic mass is 10.2. The van der Waals surface area contributed by atoms with Gasteiger partial charge in [-0.25, -0.2) is 15.0 Å². The molecule has 3 heterocycles. The van der Waals surface area contributed by atoms with E-state index < -0.39 is 11.9 Å². The molecule has 0 bridgehead atoms. The van der Waals surface area contributed by atoms with Crippen LogP contribution in [0.25, 0.3) is 11.4 Å². The molecule has 0 unspecified atom stereocenters. The van der Waals surface area contributed by atoms with Gasteiger partial charge in [0.1, 0.15) is 5.82 Å². The number of hydrogen-bond acceptors (Lipinski definition) is 6. The monoisotopic (exact) mass is 375 g/mol. The number of aromatic nitrogens is 4. The number of halogens is 3. The summed E-state index contributed by atoms with van der Waals surface area (Å²) in [5.41, 5.74) is 0.121. The van der Waals surface area contributed by atoms with Gasteiger partial charge in [0.2, 0.25) is 5.88 Å². The van der Waals surface area contributed by atoms with Crippen LogP contribution in [0.1, 0.15) is 18.2 Å². The fourth-order valence-electron chi connectivity index (χ4n) is 2.32. The van der Waals surface area contributed by atoms with Crippen molar-refractivity contribution < 1.29 is 17.9 Å². The Balaban J connectivity index is 1.91. The Bertz CT molecular complexity index is 903. The van der Waals surface area contributed by atoms with Crippen LogP contribution in [-0.2, 0) is 12.7 Å². The minimum Gasteiger partial charge on any atom is -0.478 e. The van der Waals surface area contributed by atoms with Crippen molar-refractivity contribution in [1.82, 2.24) is 19.9 Å². The normalized spacial score (nSPS) is 11.3. The first kappa shape index (κ1) is 18.6. The van der Waals surface area contributed by atoms with Crippen LogP contribution in [0.15, 0.2) is 48.9 Å². The van der Waals surface area contributed by atoms with E-state index in [1.165, 1.54) is 12.4 Å². The fourth-order valence-corrected chi connectivity index (χ4v) is 2.32. The van der Waals surface area contributed by atoms with Crippen LogP contribution in [0, 0.1) is 0 Å². The second-order valence-electron chi connectivity index (χ2n) is 5.45. The third-order valence-corrected chi connectivity index (χ3v) is 3.55. The van der Waals surface area contributed by atoms with E-state index in [-0.39, 0.29) is 18.2 Å². The summed E-state index contributed by atoms with van der Waals surface area (Å²) in [4.78, 5) is 15.8. The van der Waals surface area contributed by atoms with Crippen LogP contribution >= 0.6 is 0 Å². The number of ether oxygens (including phenoxy) is 1. The van der Waals surface area contributed by atoms with Gasteiger partial charge < -0.3 is 10.1 Å². The predicted molar refractivity (Wildman–Crippen MR) is 93.0 cm³/mol. The van der Waals surface area contributed by atoms with Crippen molar-refractivity contribution in [1.29, 1.82) is 0 Å². The molecule has 3 aromatic heterocycles. The highest BCUT2D eigenvalue weighted by molar-refractivity contribution is 5.57. The second-order valence-corrected chi connectivity index (χ2v) is 5.45. The van der Waals surface area contributed by atoms with E-state index in [1.54, 1.807) is 30.5 Å². The van der Waals surface area contributed by atoms with Crippen molar-refractivity contribution in [2.24, 2.45) is 0 Å². The predicted octanol–water partition coefficient (Wildman–Crippen LogP) is 3.96. The molecule has 0 aromatic carbocycles. The van der Waals surface area contributed by atoms with E-state index in [0.717, 1.165) is 6.07 Å². The number of pyridine rings is 2. The number of nitrogens with zero attached hydrogens (tertiary/aromatic N) is 4. The maximum absolute atomic E-state index is 13.2. The summed E-state index contributed by atoms with van der Waals surface area (Å²) in [5.74, 6) is 0.438. The molecule has 0 saturated carbocycles. The van der Waals surface area contributed by atoms with Crippen molar-refractivity contribution in [3.05, 3.63) is 60.2 Å². The molecule has 6 nitrogen and oxygen atoms in total. The number of rotatable bonds is 6. The average molecular weight is 375 g/mol. The van der Waals surface area contributed by atoms with Gasteiger partial charge in [0.15, 0.2) is 11.5 Å². The molecule has 0 fully saturated rings. The number of alkyl halides is 3. The molecule has 27 heavy (non-hydrogen) atoms. The molecule has 0 amide bonds. The first-order chi connectivity index (χ1) is 13.0. The summed E-state index contributed by atoms with van der Waals surface area (Å²) in [7, 11) is 0. The SMILES string of the molecule is CCOc1ncccc1CNc1cc(C(F)(F)F)nc(-c2ccncc2)n1. The Morgan fingerprint density at radius 2 is 1.85 bits per heavy atom. The van der Waals surface area contributed by atoms with Gasteiger partial charge in [-0.1, -0.05) is 6.07 Å². The van der Waals surface area contributed by atoms with Crippen LogP contribution in [0.2, 0.25) is 0 Å². The molecule has 0 aliphatic carbocycles. The molecule has 0 spiro atoms. The third-order valence-electron chi connectivity index (χ3n) is 3.55. The van der Waals surface area contributed by atoms with Gasteiger partial charge in [0.25, 0.3) is 0 Å². The largest absolute Gasteiger partial charge is 0.478 e. The highest BCUT2D eigenvalue weighted by Gasteiger charge is 2.33. The molecule has 9 heteroatoms. The summed E-state index contributed by atoms with van der Waals surface area (Å²) >= 11 is 0. The molecular weight excluding hydrogens is 359 g/mol. The molecule has 1 N–H and O–H groups in total. The fraction of sp³-hybridized carbons (Fsp3) is 0.222. The number of hydrogen-bond donors (Lipinski definition) is 1. The lowest BCUT2D eigenvalue weighted by molar-refractivity contribution is -0.141. The summed E-state index contributed by atoms with van der Waals surface area (Å²) in [6.07, 6.45) is -0.0689. The molecule has 3 rings (SSSR count). The minimum atomic E-state index is -4.59. The smallest absolute Gasteiger partial charge is 0.433 e. The summed E-state index contributed by atoms with van der Waals surface area (Å²) in [5, 5.41) is 2.90. The van der Waals surface area contributed by atoms with Gasteiger partial charge in [0.05, 0.1) is 6.61 Å². The van der Waals surface area contributed by atoms with Crippen LogP contribution in [0.5, 0.6) is 5.88 Å². The molecule has 0 atom stereocenters. The maximum Gasteiger partial charge on any atom is 0.433 e. The van der Waals surface area contributed by atoms with Crippen molar-refractivity contribution in [3.8, 4) is 17.3 Å². The van der Waals surface area contributed by atoms with Gasteiger partial charge in [-0.2, -0.15) is 13.2 Å². The standard InChI is InChI=1S/C18H16F3N5O/c1-2-27-17-13(4-3-7-23-17)11-24-15-10-14(18(19,20)21)25-16(26-15)12-5-8-22-9-6-12/h3-10H,2,11H2,1H3,(H,24,25,26). The molecule has 0 aliphatic heterocycles. The van der Waals surface area contributed by atoms with E-state index >= 15 is 0 Å². The Labute approximate surface area is 153 Å². The van der Waals surface area contributed by atoms with Gasteiger partial charge in [0, 0.05) is 42.3 Å². The number of anilines is 1. The Hall–Kier alpha value is -3.23. The topological polar surface area (TPSA) is 72.8 Å². The van der Waals surface area contributed by atoms with Crippen LogP contribution in [0.3, 0.4) is 0 Å². The zero-order valence-corrected chi connectivity index (χ0v) is 14.4. The van der Waals surface area contributed by atoms with Crippen LogP contribution in [0.4, 0.5) is 19.0 Å². The second kappa shape index (κ2) is 7.98. The molecule has 0 saturated heterocycles. The van der Waals surface area contributed by atoms with E-state index in [4.69, 9.17) is 4.74 Å². The van der Waals surface area contributed by atoms with Crippen molar-refractivity contribution in [2.45, 2.75) is 19.6 Å². The first-order valence-corrected chi connectivity index (χ1v) is 8.14. The highest BCUT2D eigenvalue weighted by Crippen LogP contribution is 2.31. The third kappa shape index (κ3) is 4.69. The van der Waals surface area contributed by atoms with E-state index in [1.807, 2.05) is 6.92 Å². The average Bonchev–Trinajstić information content (AvgIpc) is 2.67. The minimum absolute atomic E-state index is 0.0362. The van der Waals surface area contributed by atoms with E-state index in [2.05, 4.69) is 25.3 Å². The zero-order valence-electron chi connectivity index (χ0n) is 14.4. The summed E-state index contributed by atoms with van der Waals surface area (Å²) in [6.45, 7) is 2.46. The molecule has 0 aliphatic rings. The maximum atomic E-state index is 13.2. The van der Waals surface area contributed by atoms with Gasteiger partial charge >= 0.3 is 6.18 Å². The quantitative estimate of drug-likeness (QED) is 0.703.